The third kappa shape index (κ3) is 5.69. The molecule has 0 saturated heterocycles. The molecule has 5 heteroatoms. The maximum Gasteiger partial charge on any atom is 0.160 e. The summed E-state index contributed by atoms with van der Waals surface area (Å²) in [5, 5.41) is 0. The average molecular weight is 680 g/mol. The van der Waals surface area contributed by atoms with Gasteiger partial charge in [0.2, 0.25) is 0 Å². The fourth-order valence-corrected chi connectivity index (χ4v) is 7.48. The van der Waals surface area contributed by atoms with Crippen molar-refractivity contribution in [2.45, 2.75) is 12.0 Å². The van der Waals surface area contributed by atoms with E-state index in [1.54, 1.807) is 0 Å². The van der Waals surface area contributed by atoms with Gasteiger partial charge in [0.1, 0.15) is 5.65 Å². The van der Waals surface area contributed by atoms with E-state index in [4.69, 9.17) is 19.9 Å². The van der Waals surface area contributed by atoms with Crippen molar-refractivity contribution < 1.29 is 0 Å². The molecule has 0 amide bonds. The maximum atomic E-state index is 5.28. The minimum Gasteiger partial charge on any atom is -0.298 e. The number of fused-ring (bicyclic) bond motifs is 5. The number of aromatic nitrogens is 4. The lowest BCUT2D eigenvalue weighted by Crippen LogP contribution is -2.26. The maximum absolute atomic E-state index is 5.28. The number of benzene rings is 5. The molecule has 8 aromatic rings. The highest BCUT2D eigenvalue weighted by atomic mass is 15.1. The fraction of sp³-hybridized carbons (Fsp3) is 0.0417. The van der Waals surface area contributed by atoms with E-state index in [1.165, 1.54) is 11.1 Å². The number of nitrogens with zero attached hydrogens (tertiary/aromatic N) is 5. The minimum absolute atomic E-state index is 0.0297. The summed E-state index contributed by atoms with van der Waals surface area (Å²) in [6.45, 7) is 0. The second-order valence-corrected chi connectivity index (χ2v) is 13.5. The number of rotatable bonds is 6. The number of pyridine rings is 1. The van der Waals surface area contributed by atoms with Crippen LogP contribution in [0.2, 0.25) is 0 Å². The lowest BCUT2D eigenvalue weighted by Gasteiger charge is -2.27. The van der Waals surface area contributed by atoms with Gasteiger partial charge in [-0.2, -0.15) is 0 Å². The van der Waals surface area contributed by atoms with Gasteiger partial charge in [-0.1, -0.05) is 158 Å². The Balaban J connectivity index is 1.01. The van der Waals surface area contributed by atoms with Crippen LogP contribution in [-0.2, 0) is 0 Å². The van der Waals surface area contributed by atoms with Crippen molar-refractivity contribution in [3.63, 3.8) is 0 Å². The monoisotopic (exact) mass is 679 g/mol. The Morgan fingerprint density at radius 2 is 1.00 bits per heavy atom. The van der Waals surface area contributed by atoms with Crippen LogP contribution in [0, 0.1) is 0 Å². The zero-order valence-electron chi connectivity index (χ0n) is 28.8. The zero-order chi connectivity index (χ0) is 35.1. The molecule has 1 aliphatic heterocycles. The van der Waals surface area contributed by atoms with Gasteiger partial charge in [-0.25, -0.2) is 15.0 Å². The molecule has 53 heavy (non-hydrogen) atoms. The molecule has 0 N–H and O–H groups in total. The number of hydrogen-bond acceptors (Lipinski definition) is 4. The molecule has 0 bridgehead atoms. The molecule has 0 spiro atoms. The van der Waals surface area contributed by atoms with Crippen molar-refractivity contribution >= 4 is 11.4 Å². The molecule has 0 fully saturated rings. The number of hydrogen-bond donors (Lipinski definition) is 0. The van der Waals surface area contributed by atoms with Gasteiger partial charge >= 0.3 is 0 Å². The first-order chi connectivity index (χ1) is 26.2. The van der Waals surface area contributed by atoms with Crippen LogP contribution in [0.25, 0.3) is 61.8 Å². The first-order valence-electron chi connectivity index (χ1n) is 18.0. The smallest absolute Gasteiger partial charge is 0.160 e. The predicted molar refractivity (Wildman–Crippen MR) is 215 cm³/mol. The Morgan fingerprint density at radius 3 is 1.75 bits per heavy atom. The molecule has 4 heterocycles. The van der Waals surface area contributed by atoms with Crippen molar-refractivity contribution in [1.29, 1.82) is 0 Å². The van der Waals surface area contributed by atoms with Crippen LogP contribution in [0.5, 0.6) is 0 Å². The van der Waals surface area contributed by atoms with Gasteiger partial charge in [0.15, 0.2) is 5.82 Å². The van der Waals surface area contributed by atoms with Crippen LogP contribution in [0.3, 0.4) is 0 Å². The molecule has 1 aliphatic carbocycles. The highest BCUT2D eigenvalue weighted by Gasteiger charge is 2.33. The molecule has 250 valence electrons. The molecule has 5 aromatic carbocycles. The van der Waals surface area contributed by atoms with E-state index in [1.807, 2.05) is 30.3 Å². The standard InChI is InChI=1S/C48H33N5/c1-3-12-32(13-4-1)33-21-25-36(26-22-33)43-31-42(35-14-5-2-6-15-35)50-48(51-43)39-17-11-16-38(30-39)34-23-27-37(28-24-34)45-47-46(40-18-7-8-19-41(40)49-45)52-44-20-9-10-29-53(44)47/h1-31,40-41H. The Kier molecular flexibility index (Phi) is 7.54. The van der Waals surface area contributed by atoms with Crippen molar-refractivity contribution in [2.75, 3.05) is 0 Å². The van der Waals surface area contributed by atoms with Gasteiger partial charge in [0.25, 0.3) is 0 Å². The van der Waals surface area contributed by atoms with Gasteiger partial charge in [0, 0.05) is 34.4 Å². The zero-order valence-corrected chi connectivity index (χ0v) is 28.8. The summed E-state index contributed by atoms with van der Waals surface area (Å²) in [6.07, 6.45) is 10.7. The predicted octanol–water partition coefficient (Wildman–Crippen LogP) is 10.9. The Hall–Kier alpha value is -6.98. The molecular formula is C48H33N5. The summed E-state index contributed by atoms with van der Waals surface area (Å²) in [5.74, 6) is 0.824. The quantitative estimate of drug-likeness (QED) is 0.176. The summed E-state index contributed by atoms with van der Waals surface area (Å²) in [7, 11) is 0. The fourth-order valence-electron chi connectivity index (χ4n) is 7.48. The summed E-state index contributed by atoms with van der Waals surface area (Å²) in [5.41, 5.74) is 14.5. The molecule has 10 rings (SSSR count). The molecule has 0 radical (unpaired) electrons. The van der Waals surface area contributed by atoms with Crippen LogP contribution < -0.4 is 0 Å². The van der Waals surface area contributed by atoms with Crippen molar-refractivity contribution in [3.8, 4) is 56.2 Å². The van der Waals surface area contributed by atoms with Gasteiger partial charge in [-0.05, 0) is 46.5 Å². The van der Waals surface area contributed by atoms with Crippen molar-refractivity contribution in [1.82, 2.24) is 19.4 Å². The summed E-state index contributed by atoms with van der Waals surface area (Å²) < 4.78 is 2.17. The van der Waals surface area contributed by atoms with Crippen molar-refractivity contribution in [2.24, 2.45) is 4.99 Å². The molecular weight excluding hydrogens is 647 g/mol. The largest absolute Gasteiger partial charge is 0.298 e. The summed E-state index contributed by atoms with van der Waals surface area (Å²) in [4.78, 5) is 20.6. The number of aliphatic imine (C=N–C) groups is 1. The Bertz CT molecular complexity index is 2710. The lowest BCUT2D eigenvalue weighted by molar-refractivity contribution is 0.686. The Morgan fingerprint density at radius 1 is 0.434 bits per heavy atom. The first-order valence-corrected chi connectivity index (χ1v) is 18.0. The van der Waals surface area contributed by atoms with Gasteiger partial charge in [-0.3, -0.25) is 9.39 Å². The van der Waals surface area contributed by atoms with E-state index in [0.29, 0.717) is 5.82 Å². The molecule has 2 atom stereocenters. The molecule has 3 aromatic heterocycles. The third-order valence-corrected chi connectivity index (χ3v) is 10.2. The number of allylic oxidation sites excluding steroid dienone is 2. The minimum atomic E-state index is 0.0297. The lowest BCUT2D eigenvalue weighted by atomic mass is 9.86. The highest BCUT2D eigenvalue weighted by Crippen LogP contribution is 2.37. The normalized spacial score (nSPS) is 15.9. The van der Waals surface area contributed by atoms with E-state index in [9.17, 15) is 0 Å². The van der Waals surface area contributed by atoms with Crippen molar-refractivity contribution in [3.05, 3.63) is 205 Å². The van der Waals surface area contributed by atoms with Crippen LogP contribution in [0.15, 0.2) is 193 Å². The van der Waals surface area contributed by atoms with Gasteiger partial charge < -0.3 is 0 Å². The van der Waals surface area contributed by atoms with Gasteiger partial charge in [0.05, 0.1) is 34.5 Å². The van der Waals surface area contributed by atoms with Gasteiger partial charge in [-0.15, -0.1) is 0 Å². The van der Waals surface area contributed by atoms with Crippen LogP contribution in [0.4, 0.5) is 0 Å². The Labute approximate surface area is 308 Å². The van der Waals surface area contributed by atoms with Crippen LogP contribution in [0.1, 0.15) is 22.9 Å². The second-order valence-electron chi connectivity index (χ2n) is 13.5. The SMILES string of the molecule is C1=CC2N=C(c3ccc(-c4cccc(-c5nc(-c6ccccc6)cc(-c6ccc(-c7ccccc7)cc6)n5)c4)cc3)c3c(nc4ccccn34)C2C=C1. The molecule has 5 nitrogen and oxygen atoms in total. The van der Waals surface area contributed by atoms with E-state index >= 15 is 0 Å². The van der Waals surface area contributed by atoms with Crippen LogP contribution in [-0.4, -0.2) is 31.1 Å². The topological polar surface area (TPSA) is 55.4 Å². The van der Waals surface area contributed by atoms with E-state index in [2.05, 4.69) is 162 Å². The highest BCUT2D eigenvalue weighted by molar-refractivity contribution is 6.14. The average Bonchev–Trinajstić information content (AvgIpc) is 3.64. The second kappa shape index (κ2) is 13.0. The molecule has 0 saturated carbocycles. The summed E-state index contributed by atoms with van der Waals surface area (Å²) >= 11 is 0. The van der Waals surface area contributed by atoms with Crippen LogP contribution >= 0.6 is 0 Å². The van der Waals surface area contributed by atoms with E-state index in [-0.39, 0.29) is 12.0 Å². The first kappa shape index (κ1) is 30.8. The molecule has 2 unspecified atom stereocenters. The third-order valence-electron chi connectivity index (χ3n) is 10.2. The van der Waals surface area contributed by atoms with E-state index < -0.39 is 0 Å². The molecule has 2 aliphatic rings. The number of imidazole rings is 1. The van der Waals surface area contributed by atoms with E-state index in [0.717, 1.165) is 67.5 Å². The summed E-state index contributed by atoms with van der Waals surface area (Å²) in [6, 6.07) is 54.9.